The Hall–Kier alpha value is -2.25. The van der Waals surface area contributed by atoms with Crippen LogP contribution in [0.25, 0.3) is 10.2 Å². The van der Waals surface area contributed by atoms with E-state index >= 15 is 0 Å². The van der Waals surface area contributed by atoms with Gasteiger partial charge in [-0.05, 0) is 31.2 Å². The summed E-state index contributed by atoms with van der Waals surface area (Å²) in [4.78, 5) is 29.9. The summed E-state index contributed by atoms with van der Waals surface area (Å²) in [5.41, 5.74) is 1.17. The van der Waals surface area contributed by atoms with Gasteiger partial charge in [0.1, 0.15) is 5.82 Å². The maximum Gasteiger partial charge on any atom is 0.238 e. The molecule has 2 aromatic carbocycles. The molecule has 1 heterocycles. The summed E-state index contributed by atoms with van der Waals surface area (Å²) in [7, 11) is 1.66. The summed E-state index contributed by atoms with van der Waals surface area (Å²) in [6.45, 7) is 1.39. The highest BCUT2D eigenvalue weighted by Crippen LogP contribution is 2.29. The maximum absolute atomic E-state index is 14.0. The van der Waals surface area contributed by atoms with Crippen LogP contribution in [-0.2, 0) is 4.79 Å². The van der Waals surface area contributed by atoms with Crippen molar-refractivity contribution in [3.8, 4) is 0 Å². The molecule has 25 heavy (non-hydrogen) atoms. The number of aromatic nitrogens is 1. The lowest BCUT2D eigenvalue weighted by molar-refractivity contribution is -0.115. The average Bonchev–Trinajstić information content (AvgIpc) is 3.03. The summed E-state index contributed by atoms with van der Waals surface area (Å²) in [6.07, 6.45) is 0. The fourth-order valence-electron chi connectivity index (χ4n) is 2.18. The predicted molar refractivity (Wildman–Crippen MR) is 100 cm³/mol. The molecule has 0 spiro atoms. The third kappa shape index (κ3) is 3.88. The van der Waals surface area contributed by atoms with Crippen LogP contribution in [0.1, 0.15) is 17.3 Å². The fourth-order valence-corrected chi connectivity index (χ4v) is 3.96. The Kier molecular flexibility index (Phi) is 5.15. The number of para-hydroxylation sites is 1. The lowest BCUT2D eigenvalue weighted by Gasteiger charge is -2.13. The van der Waals surface area contributed by atoms with E-state index in [0.717, 1.165) is 22.0 Å². The second kappa shape index (κ2) is 7.33. The quantitative estimate of drug-likeness (QED) is 0.491. The molecule has 3 aromatic rings. The molecule has 0 saturated carbocycles. The number of thiazole rings is 1. The number of carbonyl (C=O) groups excluding carboxylic acids is 2. The van der Waals surface area contributed by atoms with Crippen molar-refractivity contribution in [1.82, 2.24) is 4.98 Å². The number of nitrogens with zero attached hydrogens (tertiary/aromatic N) is 2. The molecule has 0 N–H and O–H groups in total. The molecule has 0 fully saturated rings. The Bertz CT molecular complexity index is 922. The van der Waals surface area contributed by atoms with E-state index in [9.17, 15) is 14.0 Å². The summed E-state index contributed by atoms with van der Waals surface area (Å²) in [6, 6.07) is 12.0. The van der Waals surface area contributed by atoms with Gasteiger partial charge in [-0.15, -0.1) is 11.8 Å². The number of rotatable bonds is 5. The number of benzene rings is 2. The SMILES string of the molecule is CC(=O)c1ccc(SCC(=O)N(C)c2nc3ccccc3s2)c(F)c1. The van der Waals surface area contributed by atoms with Crippen molar-refractivity contribution in [2.45, 2.75) is 11.8 Å². The number of hydrogen-bond donors (Lipinski definition) is 0. The average molecular weight is 374 g/mol. The number of carbonyl (C=O) groups is 2. The largest absolute Gasteiger partial charge is 0.295 e. The molecule has 1 amide bonds. The number of anilines is 1. The Morgan fingerprint density at radius 1 is 1.24 bits per heavy atom. The molecule has 3 rings (SSSR count). The van der Waals surface area contributed by atoms with Crippen molar-refractivity contribution in [3.63, 3.8) is 0 Å². The number of Topliss-reactive ketones (excluding diaryl/α,β-unsaturated/α-hetero) is 1. The molecule has 0 radical (unpaired) electrons. The van der Waals surface area contributed by atoms with Crippen LogP contribution in [0, 0.1) is 5.82 Å². The van der Waals surface area contributed by atoms with E-state index in [1.165, 1.54) is 35.3 Å². The Labute approximate surface area is 152 Å². The van der Waals surface area contributed by atoms with Gasteiger partial charge in [-0.25, -0.2) is 9.37 Å². The van der Waals surface area contributed by atoms with Crippen molar-refractivity contribution in [1.29, 1.82) is 0 Å². The maximum atomic E-state index is 14.0. The van der Waals surface area contributed by atoms with Gasteiger partial charge in [-0.1, -0.05) is 29.5 Å². The van der Waals surface area contributed by atoms with Crippen molar-refractivity contribution in [2.24, 2.45) is 0 Å². The van der Waals surface area contributed by atoms with Crippen LogP contribution in [0.5, 0.6) is 0 Å². The normalized spacial score (nSPS) is 10.8. The molecular formula is C18H15FN2O2S2. The van der Waals surface area contributed by atoms with Gasteiger partial charge in [0, 0.05) is 17.5 Å². The van der Waals surface area contributed by atoms with Gasteiger partial charge in [-0.2, -0.15) is 0 Å². The first-order valence-electron chi connectivity index (χ1n) is 7.51. The van der Waals surface area contributed by atoms with E-state index in [2.05, 4.69) is 4.98 Å². The Morgan fingerprint density at radius 2 is 2.00 bits per heavy atom. The van der Waals surface area contributed by atoms with Crippen LogP contribution in [0.4, 0.5) is 9.52 Å². The molecule has 0 atom stereocenters. The van der Waals surface area contributed by atoms with Crippen LogP contribution in [0.2, 0.25) is 0 Å². The van der Waals surface area contributed by atoms with E-state index in [1.54, 1.807) is 13.1 Å². The van der Waals surface area contributed by atoms with Crippen LogP contribution >= 0.6 is 23.1 Å². The number of ketones is 1. The standard InChI is InChI=1S/C18H15FN2O2S2/c1-11(22)12-7-8-15(13(19)9-12)24-10-17(23)21(2)18-20-14-5-3-4-6-16(14)25-18/h3-9H,10H2,1-2H3. The molecule has 4 nitrogen and oxygen atoms in total. The Morgan fingerprint density at radius 3 is 2.68 bits per heavy atom. The third-order valence-electron chi connectivity index (χ3n) is 3.63. The molecule has 0 aliphatic rings. The van der Waals surface area contributed by atoms with Crippen LogP contribution in [0.3, 0.4) is 0 Å². The number of amides is 1. The number of halogens is 1. The first kappa shape index (κ1) is 17.6. The summed E-state index contributed by atoms with van der Waals surface area (Å²) < 4.78 is 15.0. The minimum atomic E-state index is -0.492. The fraction of sp³-hybridized carbons (Fsp3) is 0.167. The number of thioether (sulfide) groups is 1. The molecule has 128 valence electrons. The van der Waals surface area contributed by atoms with Crippen LogP contribution < -0.4 is 4.90 Å². The van der Waals surface area contributed by atoms with Gasteiger partial charge < -0.3 is 0 Å². The van der Waals surface area contributed by atoms with Gasteiger partial charge >= 0.3 is 0 Å². The van der Waals surface area contributed by atoms with E-state index in [1.807, 2.05) is 24.3 Å². The lowest BCUT2D eigenvalue weighted by atomic mass is 10.1. The first-order chi connectivity index (χ1) is 12.0. The molecule has 0 aliphatic heterocycles. The minimum Gasteiger partial charge on any atom is -0.295 e. The third-order valence-corrected chi connectivity index (χ3v) is 5.78. The van der Waals surface area contributed by atoms with Crippen molar-refractivity contribution >= 4 is 50.1 Å². The van der Waals surface area contributed by atoms with Gasteiger partial charge in [0.05, 0.1) is 16.0 Å². The molecule has 0 unspecified atom stereocenters. The zero-order valence-corrected chi connectivity index (χ0v) is 15.3. The predicted octanol–water partition coefficient (Wildman–Crippen LogP) is 4.39. The van der Waals surface area contributed by atoms with Gasteiger partial charge in [-0.3, -0.25) is 14.5 Å². The summed E-state index contributed by atoms with van der Waals surface area (Å²) >= 11 is 2.54. The highest BCUT2D eigenvalue weighted by Gasteiger charge is 2.16. The minimum absolute atomic E-state index is 0.0861. The topological polar surface area (TPSA) is 50.3 Å². The van der Waals surface area contributed by atoms with Crippen LogP contribution in [0.15, 0.2) is 47.4 Å². The molecule has 0 aliphatic carbocycles. The van der Waals surface area contributed by atoms with Crippen molar-refractivity contribution < 1.29 is 14.0 Å². The summed E-state index contributed by atoms with van der Waals surface area (Å²) in [5.74, 6) is -0.766. The van der Waals surface area contributed by atoms with Gasteiger partial charge in [0.25, 0.3) is 0 Å². The van der Waals surface area contributed by atoms with E-state index in [-0.39, 0.29) is 17.4 Å². The van der Waals surface area contributed by atoms with E-state index in [4.69, 9.17) is 0 Å². The number of fused-ring (bicyclic) bond motifs is 1. The zero-order chi connectivity index (χ0) is 18.0. The number of hydrogen-bond acceptors (Lipinski definition) is 5. The molecule has 0 bridgehead atoms. The first-order valence-corrected chi connectivity index (χ1v) is 9.31. The molecule has 7 heteroatoms. The van der Waals surface area contributed by atoms with E-state index in [0.29, 0.717) is 15.6 Å². The van der Waals surface area contributed by atoms with Crippen LogP contribution in [-0.4, -0.2) is 29.5 Å². The van der Waals surface area contributed by atoms with Gasteiger partial charge in [0.15, 0.2) is 10.9 Å². The highest BCUT2D eigenvalue weighted by molar-refractivity contribution is 8.00. The van der Waals surface area contributed by atoms with Gasteiger partial charge in [0.2, 0.25) is 5.91 Å². The second-order valence-corrected chi connectivity index (χ2v) is 7.43. The molecule has 0 saturated heterocycles. The zero-order valence-electron chi connectivity index (χ0n) is 13.7. The second-order valence-electron chi connectivity index (χ2n) is 5.41. The summed E-state index contributed by atoms with van der Waals surface area (Å²) in [5, 5.41) is 0.610. The van der Waals surface area contributed by atoms with Crippen molar-refractivity contribution in [3.05, 3.63) is 53.8 Å². The molecule has 1 aromatic heterocycles. The smallest absolute Gasteiger partial charge is 0.238 e. The molecular weight excluding hydrogens is 359 g/mol. The lowest BCUT2D eigenvalue weighted by Crippen LogP contribution is -2.27. The highest BCUT2D eigenvalue weighted by atomic mass is 32.2. The Balaban J connectivity index is 1.68. The van der Waals surface area contributed by atoms with E-state index < -0.39 is 5.82 Å². The monoisotopic (exact) mass is 374 g/mol. The van der Waals surface area contributed by atoms with Crippen molar-refractivity contribution in [2.75, 3.05) is 17.7 Å².